The van der Waals surface area contributed by atoms with Crippen LogP contribution < -0.4 is 0 Å². The molecular weight excluding hydrogens is 154 g/mol. The third-order valence-electron chi connectivity index (χ3n) is 1.25. The maximum absolute atomic E-state index is 10.8. The Hall–Kier alpha value is -1.56. The van der Waals surface area contributed by atoms with Crippen LogP contribution in [0.2, 0.25) is 0 Å². The molecule has 0 atom stereocenters. The Morgan fingerprint density at radius 1 is 1.67 bits per heavy atom. The molecule has 0 saturated carbocycles. The van der Waals surface area contributed by atoms with Crippen molar-refractivity contribution in [3.63, 3.8) is 0 Å². The maximum atomic E-state index is 10.8. The number of nitrogens with zero attached hydrogens (tertiary/aromatic N) is 1. The van der Waals surface area contributed by atoms with E-state index in [2.05, 4.69) is 11.3 Å². The Bertz CT molecular complexity index is 235. The van der Waals surface area contributed by atoms with E-state index in [4.69, 9.17) is 5.26 Å². The average Bonchev–Trinajstić information content (AvgIpc) is 2.11. The minimum atomic E-state index is -0.582. The van der Waals surface area contributed by atoms with Crippen LogP contribution in [0, 0.1) is 11.3 Å². The van der Waals surface area contributed by atoms with Gasteiger partial charge in [0.25, 0.3) is 0 Å². The first-order valence-corrected chi connectivity index (χ1v) is 3.55. The fraction of sp³-hybridized carbons (Fsp3) is 0.333. The molecule has 0 bridgehead atoms. The molecular formula is C9H11NO2. The largest absolute Gasteiger partial charge is 0.465 e. The Balaban J connectivity index is 4.15. The van der Waals surface area contributed by atoms with Gasteiger partial charge in [-0.05, 0) is 12.8 Å². The number of hydrogen-bond acceptors (Lipinski definition) is 3. The predicted octanol–water partition coefficient (Wildman–Crippen LogP) is 1.58. The lowest BCUT2D eigenvalue weighted by atomic mass is 10.2. The van der Waals surface area contributed by atoms with E-state index in [9.17, 15) is 4.79 Å². The van der Waals surface area contributed by atoms with Gasteiger partial charge in [-0.15, -0.1) is 6.58 Å². The Morgan fingerprint density at radius 3 is 2.75 bits per heavy atom. The number of allylic oxidation sites excluding steroid dienone is 2. The van der Waals surface area contributed by atoms with Crippen LogP contribution in [0.1, 0.15) is 12.8 Å². The van der Waals surface area contributed by atoms with Crippen LogP contribution in [-0.2, 0) is 9.53 Å². The lowest BCUT2D eigenvalue weighted by molar-refractivity contribution is -0.135. The molecule has 0 rings (SSSR count). The number of hydrogen-bond donors (Lipinski definition) is 0. The first-order chi connectivity index (χ1) is 5.76. The van der Waals surface area contributed by atoms with E-state index in [0.717, 1.165) is 6.42 Å². The van der Waals surface area contributed by atoms with Gasteiger partial charge in [0.1, 0.15) is 11.6 Å². The molecule has 12 heavy (non-hydrogen) atoms. The van der Waals surface area contributed by atoms with Gasteiger partial charge >= 0.3 is 5.97 Å². The molecule has 0 unspecified atom stereocenters. The van der Waals surface area contributed by atoms with Crippen molar-refractivity contribution in [2.75, 3.05) is 7.11 Å². The standard InChI is InChI=1S/C9H11NO2/c1-3-4-5-6-8(7-10)9(11)12-2/h3,6H,1,4-5H2,2H3/b8-6+. The fourth-order valence-electron chi connectivity index (χ4n) is 0.630. The maximum Gasteiger partial charge on any atom is 0.348 e. The van der Waals surface area contributed by atoms with E-state index in [-0.39, 0.29) is 5.57 Å². The lowest BCUT2D eigenvalue weighted by Crippen LogP contribution is -2.02. The number of carbonyl (C=O) groups excluding carboxylic acids is 1. The molecule has 64 valence electrons. The summed E-state index contributed by atoms with van der Waals surface area (Å²) < 4.78 is 4.38. The van der Waals surface area contributed by atoms with Gasteiger partial charge in [0.15, 0.2) is 0 Å². The molecule has 0 saturated heterocycles. The quantitative estimate of drug-likeness (QED) is 0.209. The molecule has 0 aliphatic heterocycles. The number of methoxy groups -OCH3 is 1. The number of unbranched alkanes of at least 4 members (excludes halogenated alkanes) is 1. The third-order valence-corrected chi connectivity index (χ3v) is 1.25. The van der Waals surface area contributed by atoms with E-state index in [1.807, 2.05) is 0 Å². The van der Waals surface area contributed by atoms with E-state index < -0.39 is 5.97 Å². The van der Waals surface area contributed by atoms with Gasteiger partial charge in [0, 0.05) is 0 Å². The van der Waals surface area contributed by atoms with Crippen LogP contribution in [0.3, 0.4) is 0 Å². The minimum absolute atomic E-state index is 0.0550. The summed E-state index contributed by atoms with van der Waals surface area (Å²) >= 11 is 0. The minimum Gasteiger partial charge on any atom is -0.465 e. The molecule has 0 radical (unpaired) electrons. The molecule has 0 aliphatic rings. The number of rotatable bonds is 4. The Morgan fingerprint density at radius 2 is 2.33 bits per heavy atom. The van der Waals surface area contributed by atoms with Crippen LogP contribution in [0.5, 0.6) is 0 Å². The van der Waals surface area contributed by atoms with Gasteiger partial charge in [-0.25, -0.2) is 4.79 Å². The zero-order chi connectivity index (χ0) is 9.40. The number of ether oxygens (including phenoxy) is 1. The van der Waals surface area contributed by atoms with Crippen molar-refractivity contribution in [3.05, 3.63) is 24.3 Å². The van der Waals surface area contributed by atoms with Crippen LogP contribution in [-0.4, -0.2) is 13.1 Å². The van der Waals surface area contributed by atoms with Crippen LogP contribution in [0.15, 0.2) is 24.3 Å². The smallest absolute Gasteiger partial charge is 0.348 e. The molecule has 0 aromatic heterocycles. The summed E-state index contributed by atoms with van der Waals surface area (Å²) in [6, 6.07) is 1.76. The number of carbonyl (C=O) groups is 1. The molecule has 3 nitrogen and oxygen atoms in total. The normalized spacial score (nSPS) is 10.2. The first-order valence-electron chi connectivity index (χ1n) is 3.55. The average molecular weight is 165 g/mol. The highest BCUT2D eigenvalue weighted by molar-refractivity contribution is 5.92. The topological polar surface area (TPSA) is 50.1 Å². The summed E-state index contributed by atoms with van der Waals surface area (Å²) in [7, 11) is 1.25. The third kappa shape index (κ3) is 3.57. The Kier molecular flexibility index (Phi) is 5.37. The van der Waals surface area contributed by atoms with Crippen LogP contribution >= 0.6 is 0 Å². The highest BCUT2D eigenvalue weighted by Gasteiger charge is 2.06. The molecule has 0 fully saturated rings. The van der Waals surface area contributed by atoms with Gasteiger partial charge < -0.3 is 4.74 Å². The highest BCUT2D eigenvalue weighted by atomic mass is 16.5. The highest BCUT2D eigenvalue weighted by Crippen LogP contribution is 2.00. The second-order valence-corrected chi connectivity index (χ2v) is 2.09. The Labute approximate surface area is 71.9 Å². The molecule has 0 spiro atoms. The van der Waals surface area contributed by atoms with Gasteiger partial charge in [-0.3, -0.25) is 0 Å². The number of esters is 1. The van der Waals surface area contributed by atoms with Crippen molar-refractivity contribution < 1.29 is 9.53 Å². The lowest BCUT2D eigenvalue weighted by Gasteiger charge is -1.94. The van der Waals surface area contributed by atoms with E-state index in [1.165, 1.54) is 7.11 Å². The second-order valence-electron chi connectivity index (χ2n) is 2.09. The van der Waals surface area contributed by atoms with Gasteiger partial charge in [-0.2, -0.15) is 5.26 Å². The fourth-order valence-corrected chi connectivity index (χ4v) is 0.630. The van der Waals surface area contributed by atoms with Gasteiger partial charge in [0.05, 0.1) is 7.11 Å². The SMILES string of the molecule is C=CCC/C=C(\C#N)C(=O)OC. The van der Waals surface area contributed by atoms with Crippen LogP contribution in [0.25, 0.3) is 0 Å². The zero-order valence-electron chi connectivity index (χ0n) is 7.04. The summed E-state index contributed by atoms with van der Waals surface area (Å²) in [6.45, 7) is 3.52. The summed E-state index contributed by atoms with van der Waals surface area (Å²) in [6.07, 6.45) is 4.67. The molecule has 0 aromatic carbocycles. The van der Waals surface area contributed by atoms with E-state index in [1.54, 1.807) is 18.2 Å². The van der Waals surface area contributed by atoms with Crippen molar-refractivity contribution in [2.24, 2.45) is 0 Å². The molecule has 3 heteroatoms. The molecule has 0 N–H and O–H groups in total. The second kappa shape index (κ2) is 6.17. The summed E-state index contributed by atoms with van der Waals surface area (Å²) in [4.78, 5) is 10.8. The predicted molar refractivity (Wildman–Crippen MR) is 45.1 cm³/mol. The summed E-state index contributed by atoms with van der Waals surface area (Å²) in [5.41, 5.74) is 0.0550. The van der Waals surface area contributed by atoms with Crippen molar-refractivity contribution in [2.45, 2.75) is 12.8 Å². The van der Waals surface area contributed by atoms with Gasteiger partial charge in [-0.1, -0.05) is 12.2 Å². The van der Waals surface area contributed by atoms with E-state index in [0.29, 0.717) is 6.42 Å². The van der Waals surface area contributed by atoms with Crippen molar-refractivity contribution in [3.8, 4) is 6.07 Å². The monoisotopic (exact) mass is 165 g/mol. The summed E-state index contributed by atoms with van der Waals surface area (Å²) in [5, 5.41) is 8.48. The molecule has 0 aliphatic carbocycles. The summed E-state index contributed by atoms with van der Waals surface area (Å²) in [5.74, 6) is -0.582. The molecule has 0 heterocycles. The van der Waals surface area contributed by atoms with Crippen molar-refractivity contribution in [1.82, 2.24) is 0 Å². The molecule has 0 amide bonds. The van der Waals surface area contributed by atoms with Crippen LogP contribution in [0.4, 0.5) is 0 Å². The van der Waals surface area contributed by atoms with Crippen molar-refractivity contribution in [1.29, 1.82) is 5.26 Å². The van der Waals surface area contributed by atoms with Gasteiger partial charge in [0.2, 0.25) is 0 Å². The van der Waals surface area contributed by atoms with Crippen molar-refractivity contribution >= 4 is 5.97 Å². The van der Waals surface area contributed by atoms with E-state index >= 15 is 0 Å². The zero-order valence-corrected chi connectivity index (χ0v) is 7.04. The number of nitriles is 1. The molecule has 0 aromatic rings. The first kappa shape index (κ1) is 10.4.